The highest BCUT2D eigenvalue weighted by atomic mass is 32.2. The molecule has 3 heterocycles. The summed E-state index contributed by atoms with van der Waals surface area (Å²) in [7, 11) is 0. The van der Waals surface area contributed by atoms with E-state index in [9.17, 15) is 9.18 Å². The highest BCUT2D eigenvalue weighted by Crippen LogP contribution is 2.34. The van der Waals surface area contributed by atoms with Crippen molar-refractivity contribution in [2.75, 3.05) is 0 Å². The Morgan fingerprint density at radius 2 is 1.85 bits per heavy atom. The van der Waals surface area contributed by atoms with Gasteiger partial charge < -0.3 is 4.57 Å². The van der Waals surface area contributed by atoms with Crippen molar-refractivity contribution in [1.29, 1.82) is 5.41 Å². The van der Waals surface area contributed by atoms with Gasteiger partial charge in [0.05, 0.1) is 5.57 Å². The number of carbonyl (C=O) groups excluding carboxylic acids is 1. The minimum atomic E-state index is -0.458. The number of amidine groups is 2. The summed E-state index contributed by atoms with van der Waals surface area (Å²) in [6.07, 6.45) is 1.68. The first-order valence-corrected chi connectivity index (χ1v) is 12.3. The molecule has 2 aromatic carbocycles. The minimum absolute atomic E-state index is 0.00407. The van der Waals surface area contributed by atoms with E-state index in [1.165, 1.54) is 34.5 Å². The summed E-state index contributed by atoms with van der Waals surface area (Å²) in [5.41, 5.74) is 4.79. The van der Waals surface area contributed by atoms with Gasteiger partial charge in [-0.15, -0.1) is 5.10 Å². The minimum Gasteiger partial charge on any atom is -0.318 e. The van der Waals surface area contributed by atoms with E-state index < -0.39 is 5.91 Å². The summed E-state index contributed by atoms with van der Waals surface area (Å²) in [6, 6.07) is 18.2. The molecule has 34 heavy (non-hydrogen) atoms. The largest absolute Gasteiger partial charge is 0.318 e. The predicted molar refractivity (Wildman–Crippen MR) is 138 cm³/mol. The number of thioether (sulfide) groups is 2. The Morgan fingerprint density at radius 3 is 2.59 bits per heavy atom. The first-order chi connectivity index (χ1) is 16.4. The summed E-state index contributed by atoms with van der Waals surface area (Å²) in [4.78, 5) is 17.0. The van der Waals surface area contributed by atoms with E-state index in [1.54, 1.807) is 30.0 Å². The maximum atomic E-state index is 13.4. The number of carbonyl (C=O) groups is 1. The smallest absolute Gasteiger partial charge is 0.283 e. The number of aryl methyl sites for hydroxylation is 1. The molecule has 1 N–H and O–H groups in total. The van der Waals surface area contributed by atoms with Crippen LogP contribution in [0.2, 0.25) is 0 Å². The monoisotopic (exact) mass is 489 g/mol. The molecule has 0 saturated carbocycles. The fourth-order valence-corrected chi connectivity index (χ4v) is 5.71. The molecular weight excluding hydrogens is 469 g/mol. The topological polar surface area (TPSA) is 73.8 Å². The number of aromatic nitrogens is 1. The predicted octanol–water partition coefficient (Wildman–Crippen LogP) is 5.74. The molecule has 0 aliphatic carbocycles. The van der Waals surface area contributed by atoms with Gasteiger partial charge in [0.2, 0.25) is 5.17 Å². The van der Waals surface area contributed by atoms with Crippen LogP contribution in [0.25, 0.3) is 11.8 Å². The SMILES string of the molecule is Cc1cc(C=C2C(=N)N3N=C(SCc4ccccc4)SC3=NC2=O)c(C)n1-c1ccc(F)cc1. The van der Waals surface area contributed by atoms with Crippen LogP contribution >= 0.6 is 23.5 Å². The van der Waals surface area contributed by atoms with Crippen molar-refractivity contribution in [2.45, 2.75) is 19.6 Å². The molecule has 0 fully saturated rings. The lowest BCUT2D eigenvalue weighted by atomic mass is 10.1. The molecule has 0 radical (unpaired) electrons. The first kappa shape index (κ1) is 22.4. The van der Waals surface area contributed by atoms with Gasteiger partial charge in [0.1, 0.15) is 5.82 Å². The van der Waals surface area contributed by atoms with E-state index in [2.05, 4.69) is 10.1 Å². The Morgan fingerprint density at radius 1 is 1.12 bits per heavy atom. The van der Waals surface area contributed by atoms with E-state index in [0.29, 0.717) is 5.17 Å². The number of benzene rings is 2. The van der Waals surface area contributed by atoms with E-state index in [0.717, 1.165) is 32.8 Å². The molecule has 0 saturated heterocycles. The number of aliphatic imine (C=N–C) groups is 1. The molecule has 2 aliphatic rings. The second kappa shape index (κ2) is 9.08. The Hall–Kier alpha value is -3.43. The molecular formula is C25H20FN5OS2. The number of hydrazone groups is 1. The maximum Gasteiger partial charge on any atom is 0.283 e. The van der Waals surface area contributed by atoms with Crippen LogP contribution in [0.15, 0.2) is 76.3 Å². The van der Waals surface area contributed by atoms with Crippen LogP contribution < -0.4 is 0 Å². The normalized spacial score (nSPS) is 16.7. The molecule has 0 atom stereocenters. The van der Waals surface area contributed by atoms with Gasteiger partial charge in [-0.05, 0) is 73.1 Å². The molecule has 6 nitrogen and oxygen atoms in total. The number of nitrogens with zero attached hydrogens (tertiary/aromatic N) is 4. The molecule has 170 valence electrons. The quantitative estimate of drug-likeness (QED) is 0.474. The molecule has 5 rings (SSSR count). The van der Waals surface area contributed by atoms with Gasteiger partial charge in [-0.3, -0.25) is 10.2 Å². The second-order valence-electron chi connectivity index (χ2n) is 7.80. The standard InChI is InChI=1S/C25H20FN5OS2/c1-15-12-18(16(2)30(15)20-10-8-19(26)9-11-20)13-21-22(27)31-24(28-23(21)32)34-25(29-31)33-14-17-6-4-3-5-7-17/h3-13,27H,14H2,1-2H3. The Balaban J connectivity index is 1.41. The van der Waals surface area contributed by atoms with E-state index in [4.69, 9.17) is 5.41 Å². The van der Waals surface area contributed by atoms with Crippen LogP contribution in [0.1, 0.15) is 22.5 Å². The molecule has 0 bridgehead atoms. The third-order valence-electron chi connectivity index (χ3n) is 5.50. The average Bonchev–Trinajstić information content (AvgIpc) is 3.36. The highest BCUT2D eigenvalue weighted by Gasteiger charge is 2.36. The maximum absolute atomic E-state index is 13.4. The molecule has 9 heteroatoms. The fraction of sp³-hybridized carbons (Fsp3) is 0.120. The number of halogens is 1. The van der Waals surface area contributed by atoms with Crippen molar-refractivity contribution in [3.63, 3.8) is 0 Å². The van der Waals surface area contributed by atoms with Crippen LogP contribution in [0.4, 0.5) is 4.39 Å². The lowest BCUT2D eigenvalue weighted by Crippen LogP contribution is -2.35. The van der Waals surface area contributed by atoms with E-state index in [-0.39, 0.29) is 17.2 Å². The van der Waals surface area contributed by atoms with E-state index >= 15 is 0 Å². The lowest BCUT2D eigenvalue weighted by molar-refractivity contribution is -0.114. The van der Waals surface area contributed by atoms with Gasteiger partial charge in [-0.1, -0.05) is 42.1 Å². The average molecular weight is 490 g/mol. The summed E-state index contributed by atoms with van der Waals surface area (Å²) < 4.78 is 16.1. The van der Waals surface area contributed by atoms with Crippen molar-refractivity contribution < 1.29 is 9.18 Å². The summed E-state index contributed by atoms with van der Waals surface area (Å²) in [6.45, 7) is 3.87. The third-order valence-corrected chi connectivity index (χ3v) is 7.61. The van der Waals surface area contributed by atoms with Crippen molar-refractivity contribution in [1.82, 2.24) is 9.58 Å². The zero-order valence-electron chi connectivity index (χ0n) is 18.4. The van der Waals surface area contributed by atoms with Gasteiger partial charge in [-0.2, -0.15) is 10.0 Å². The van der Waals surface area contributed by atoms with Gasteiger partial charge in [0.15, 0.2) is 10.2 Å². The summed E-state index contributed by atoms with van der Waals surface area (Å²) in [5.74, 6) is -0.00861. The zero-order valence-corrected chi connectivity index (χ0v) is 20.1. The Bertz CT molecular complexity index is 1390. The van der Waals surface area contributed by atoms with Gasteiger partial charge in [0.25, 0.3) is 5.91 Å². The zero-order chi connectivity index (χ0) is 23.8. The van der Waals surface area contributed by atoms with Crippen LogP contribution in [0.5, 0.6) is 0 Å². The highest BCUT2D eigenvalue weighted by molar-refractivity contribution is 8.45. The van der Waals surface area contributed by atoms with Crippen molar-refractivity contribution in [2.24, 2.45) is 10.1 Å². The molecule has 0 spiro atoms. The molecule has 1 aromatic heterocycles. The molecule has 0 unspecified atom stereocenters. The van der Waals surface area contributed by atoms with Gasteiger partial charge >= 0.3 is 0 Å². The lowest BCUT2D eigenvalue weighted by Gasteiger charge is -2.20. The third kappa shape index (κ3) is 4.24. The molecule has 2 aliphatic heterocycles. The number of rotatable bonds is 4. The van der Waals surface area contributed by atoms with E-state index in [1.807, 2.05) is 54.8 Å². The summed E-state index contributed by atoms with van der Waals surface area (Å²) >= 11 is 2.85. The fourth-order valence-electron chi connectivity index (χ4n) is 3.83. The number of amides is 1. The summed E-state index contributed by atoms with van der Waals surface area (Å²) in [5, 5.41) is 15.0. The Kier molecular flexibility index (Phi) is 5.97. The first-order valence-electron chi connectivity index (χ1n) is 10.5. The van der Waals surface area contributed by atoms with Crippen LogP contribution in [0.3, 0.4) is 0 Å². The van der Waals surface area contributed by atoms with Crippen LogP contribution in [-0.2, 0) is 10.5 Å². The van der Waals surface area contributed by atoms with Gasteiger partial charge in [0, 0.05) is 22.8 Å². The number of hydrogen-bond acceptors (Lipinski definition) is 5. The second-order valence-corrected chi connectivity index (χ2v) is 9.98. The van der Waals surface area contributed by atoms with Gasteiger partial charge in [-0.25, -0.2) is 4.39 Å². The van der Waals surface area contributed by atoms with Crippen LogP contribution in [0, 0.1) is 25.1 Å². The van der Waals surface area contributed by atoms with Crippen LogP contribution in [-0.4, -0.2) is 30.9 Å². The van der Waals surface area contributed by atoms with Crippen molar-refractivity contribution >= 4 is 50.9 Å². The molecule has 1 amide bonds. The van der Waals surface area contributed by atoms with Crippen molar-refractivity contribution in [3.8, 4) is 5.69 Å². The Labute approximate surface area is 204 Å². The number of nitrogens with one attached hydrogen (secondary N) is 1. The number of fused-ring (bicyclic) bond motifs is 1. The van der Waals surface area contributed by atoms with Crippen molar-refractivity contribution in [3.05, 3.63) is 94.6 Å². The molecule has 3 aromatic rings. The number of hydrogen-bond donors (Lipinski definition) is 1.